The number of hydrogen-bond donors (Lipinski definition) is 2. The maximum absolute atomic E-state index is 12.3. The summed E-state index contributed by atoms with van der Waals surface area (Å²) in [4.78, 5) is 16.6. The lowest BCUT2D eigenvalue weighted by Gasteiger charge is -2.23. The van der Waals surface area contributed by atoms with Crippen LogP contribution < -0.4 is 5.32 Å². The van der Waals surface area contributed by atoms with Crippen LogP contribution in [-0.2, 0) is 0 Å². The van der Waals surface area contributed by atoms with Gasteiger partial charge in [-0.05, 0) is 26.8 Å². The van der Waals surface area contributed by atoms with Crippen molar-refractivity contribution in [2.75, 3.05) is 6.61 Å². The Balaban J connectivity index is 2.45. The van der Waals surface area contributed by atoms with Crippen LogP contribution in [0.2, 0.25) is 5.02 Å². The molecular formula is C13H16ClN3O2. The van der Waals surface area contributed by atoms with Gasteiger partial charge in [0, 0.05) is 17.3 Å². The van der Waals surface area contributed by atoms with Gasteiger partial charge in [-0.2, -0.15) is 0 Å². The van der Waals surface area contributed by atoms with Crippen molar-refractivity contribution >= 4 is 23.2 Å². The number of aliphatic hydroxyl groups excluding tert-OH is 1. The molecule has 0 radical (unpaired) electrons. The minimum absolute atomic E-state index is 0.139. The lowest BCUT2D eigenvalue weighted by Crippen LogP contribution is -2.46. The molecule has 5 nitrogen and oxygen atoms in total. The number of carbonyl (C=O) groups is 1. The third-order valence-corrected chi connectivity index (χ3v) is 3.06. The number of hydrogen-bond acceptors (Lipinski definition) is 3. The molecule has 19 heavy (non-hydrogen) atoms. The first kappa shape index (κ1) is 13.8. The van der Waals surface area contributed by atoms with Crippen LogP contribution in [0.1, 0.15) is 30.0 Å². The molecule has 1 amide bonds. The van der Waals surface area contributed by atoms with Gasteiger partial charge >= 0.3 is 0 Å². The molecular weight excluding hydrogens is 266 g/mol. The fourth-order valence-electron chi connectivity index (χ4n) is 1.82. The fraction of sp³-hybridized carbons (Fsp3) is 0.385. The average Bonchev–Trinajstić information content (AvgIpc) is 2.63. The zero-order valence-electron chi connectivity index (χ0n) is 11.1. The van der Waals surface area contributed by atoms with E-state index in [4.69, 9.17) is 11.6 Å². The van der Waals surface area contributed by atoms with Gasteiger partial charge in [0.05, 0.1) is 17.8 Å². The number of rotatable bonds is 3. The SMILES string of the molecule is Cc1nc2cc(Cl)ccn2c1C(=O)NC(C)(C)CO. The van der Waals surface area contributed by atoms with E-state index in [1.54, 1.807) is 43.5 Å². The molecule has 0 aliphatic rings. The van der Waals surface area contributed by atoms with Gasteiger partial charge in [0.1, 0.15) is 11.3 Å². The van der Waals surface area contributed by atoms with Crippen LogP contribution >= 0.6 is 11.6 Å². The number of nitrogens with one attached hydrogen (secondary N) is 1. The number of aliphatic hydroxyl groups is 1. The first-order chi connectivity index (χ1) is 8.84. The standard InChI is InChI=1S/C13H16ClN3O2/c1-8-11(12(19)16-13(2,3)7-18)17-5-4-9(14)6-10(17)15-8/h4-6,18H,7H2,1-3H3,(H,16,19). The molecule has 6 heteroatoms. The minimum Gasteiger partial charge on any atom is -0.394 e. The quantitative estimate of drug-likeness (QED) is 0.901. The summed E-state index contributed by atoms with van der Waals surface area (Å²) in [5.41, 5.74) is 1.01. The minimum atomic E-state index is -0.680. The van der Waals surface area contributed by atoms with Crippen molar-refractivity contribution in [2.24, 2.45) is 0 Å². The summed E-state index contributed by atoms with van der Waals surface area (Å²) in [6.07, 6.45) is 1.71. The highest BCUT2D eigenvalue weighted by atomic mass is 35.5. The van der Waals surface area contributed by atoms with Gasteiger partial charge in [-0.1, -0.05) is 11.6 Å². The topological polar surface area (TPSA) is 66.6 Å². The molecule has 0 atom stereocenters. The average molecular weight is 282 g/mol. The van der Waals surface area contributed by atoms with E-state index in [9.17, 15) is 9.90 Å². The molecule has 0 fully saturated rings. The van der Waals surface area contributed by atoms with E-state index in [-0.39, 0.29) is 12.5 Å². The predicted octanol–water partition coefficient (Wildman–Crippen LogP) is 1.80. The van der Waals surface area contributed by atoms with Crippen LogP contribution in [0, 0.1) is 6.92 Å². The number of fused-ring (bicyclic) bond motifs is 1. The summed E-state index contributed by atoms with van der Waals surface area (Å²) in [6, 6.07) is 3.40. The lowest BCUT2D eigenvalue weighted by atomic mass is 10.1. The summed E-state index contributed by atoms with van der Waals surface area (Å²) >= 11 is 5.90. The number of imidazole rings is 1. The largest absolute Gasteiger partial charge is 0.394 e. The van der Waals surface area contributed by atoms with E-state index < -0.39 is 5.54 Å². The normalized spacial score (nSPS) is 11.8. The fourth-order valence-corrected chi connectivity index (χ4v) is 1.97. The summed E-state index contributed by atoms with van der Waals surface area (Å²) in [7, 11) is 0. The predicted molar refractivity (Wildman–Crippen MR) is 73.6 cm³/mol. The number of nitrogens with zero attached hydrogens (tertiary/aromatic N) is 2. The Morgan fingerprint density at radius 1 is 1.58 bits per heavy atom. The van der Waals surface area contributed by atoms with Crippen LogP contribution in [0.15, 0.2) is 18.3 Å². The number of aryl methyl sites for hydroxylation is 1. The summed E-state index contributed by atoms with van der Waals surface area (Å²) < 4.78 is 1.68. The van der Waals surface area contributed by atoms with Gasteiger partial charge in [0.25, 0.3) is 5.91 Å². The van der Waals surface area contributed by atoms with Crippen molar-refractivity contribution < 1.29 is 9.90 Å². The molecule has 2 heterocycles. The van der Waals surface area contributed by atoms with Crippen LogP contribution in [0.4, 0.5) is 0 Å². The maximum atomic E-state index is 12.3. The molecule has 0 unspecified atom stereocenters. The van der Waals surface area contributed by atoms with Crippen molar-refractivity contribution in [3.05, 3.63) is 34.7 Å². The van der Waals surface area contributed by atoms with E-state index in [1.807, 2.05) is 0 Å². The van der Waals surface area contributed by atoms with Crippen molar-refractivity contribution in [3.63, 3.8) is 0 Å². The van der Waals surface area contributed by atoms with Crippen LogP contribution in [0.25, 0.3) is 5.65 Å². The van der Waals surface area contributed by atoms with E-state index in [0.717, 1.165) is 0 Å². The second-order valence-corrected chi connectivity index (χ2v) is 5.55. The highest BCUT2D eigenvalue weighted by molar-refractivity contribution is 6.30. The maximum Gasteiger partial charge on any atom is 0.270 e. The Morgan fingerprint density at radius 2 is 2.26 bits per heavy atom. The number of pyridine rings is 1. The second kappa shape index (κ2) is 4.83. The molecule has 0 aromatic carbocycles. The molecule has 0 aliphatic carbocycles. The highest BCUT2D eigenvalue weighted by Gasteiger charge is 2.23. The molecule has 0 bridgehead atoms. The molecule has 2 aromatic rings. The highest BCUT2D eigenvalue weighted by Crippen LogP contribution is 2.17. The van der Waals surface area contributed by atoms with E-state index >= 15 is 0 Å². The van der Waals surface area contributed by atoms with Gasteiger partial charge in [-0.15, -0.1) is 0 Å². The number of halogens is 1. The Morgan fingerprint density at radius 3 is 2.89 bits per heavy atom. The molecule has 2 rings (SSSR count). The molecule has 0 spiro atoms. The number of carbonyl (C=O) groups excluding carboxylic acids is 1. The zero-order valence-corrected chi connectivity index (χ0v) is 11.8. The first-order valence-electron chi connectivity index (χ1n) is 5.91. The van der Waals surface area contributed by atoms with Gasteiger partial charge in [0.15, 0.2) is 0 Å². The molecule has 0 aliphatic heterocycles. The number of amides is 1. The van der Waals surface area contributed by atoms with Crippen LogP contribution in [0.3, 0.4) is 0 Å². The Bertz CT molecular complexity index is 634. The molecule has 2 aromatic heterocycles. The van der Waals surface area contributed by atoms with E-state index in [2.05, 4.69) is 10.3 Å². The summed E-state index contributed by atoms with van der Waals surface area (Å²) in [6.45, 7) is 5.13. The smallest absolute Gasteiger partial charge is 0.270 e. The Hall–Kier alpha value is -1.59. The third kappa shape index (κ3) is 2.72. The summed E-state index contributed by atoms with van der Waals surface area (Å²) in [5, 5.41) is 12.5. The molecule has 102 valence electrons. The zero-order chi connectivity index (χ0) is 14.2. The van der Waals surface area contributed by atoms with E-state index in [1.165, 1.54) is 0 Å². The number of aromatic nitrogens is 2. The van der Waals surface area contributed by atoms with Crippen molar-refractivity contribution in [2.45, 2.75) is 26.3 Å². The lowest BCUT2D eigenvalue weighted by molar-refractivity contribution is 0.0862. The van der Waals surface area contributed by atoms with Crippen LogP contribution in [0.5, 0.6) is 0 Å². The molecule has 0 saturated carbocycles. The van der Waals surface area contributed by atoms with Crippen molar-refractivity contribution in [3.8, 4) is 0 Å². The van der Waals surface area contributed by atoms with E-state index in [0.29, 0.717) is 22.1 Å². The summed E-state index contributed by atoms with van der Waals surface area (Å²) in [5.74, 6) is -0.272. The third-order valence-electron chi connectivity index (χ3n) is 2.82. The van der Waals surface area contributed by atoms with Crippen molar-refractivity contribution in [1.82, 2.24) is 14.7 Å². The van der Waals surface area contributed by atoms with Crippen LogP contribution in [-0.4, -0.2) is 32.5 Å². The Labute approximate surface area is 116 Å². The first-order valence-corrected chi connectivity index (χ1v) is 6.29. The van der Waals surface area contributed by atoms with Gasteiger partial charge in [0.2, 0.25) is 0 Å². The molecule has 2 N–H and O–H groups in total. The van der Waals surface area contributed by atoms with Gasteiger partial charge in [-0.3, -0.25) is 9.20 Å². The molecule has 0 saturated heterocycles. The Kier molecular flexibility index (Phi) is 3.52. The monoisotopic (exact) mass is 281 g/mol. The van der Waals surface area contributed by atoms with Crippen molar-refractivity contribution in [1.29, 1.82) is 0 Å². The second-order valence-electron chi connectivity index (χ2n) is 5.12. The van der Waals surface area contributed by atoms with Gasteiger partial charge < -0.3 is 10.4 Å². The van der Waals surface area contributed by atoms with Gasteiger partial charge in [-0.25, -0.2) is 4.98 Å².